The highest BCUT2D eigenvalue weighted by Crippen LogP contribution is 2.26. The van der Waals surface area contributed by atoms with Crippen LogP contribution in [0.2, 0.25) is 5.02 Å². The molecule has 0 spiro atoms. The highest BCUT2D eigenvalue weighted by molar-refractivity contribution is 8.00. The number of amides is 1. The number of aliphatic hydroxyl groups excluding tert-OH is 1. The minimum Gasteiger partial charge on any atom is -0.480 e. The van der Waals surface area contributed by atoms with Crippen molar-refractivity contribution in [2.75, 3.05) is 12.4 Å². The molecule has 98 valence electrons. The average Bonchev–Trinajstić information content (AvgIpc) is 2.34. The molecule has 0 radical (unpaired) electrons. The van der Waals surface area contributed by atoms with Crippen LogP contribution in [0.3, 0.4) is 0 Å². The molecule has 1 aromatic rings. The molecule has 0 heterocycles. The second-order valence-corrected chi connectivity index (χ2v) is 4.78. The maximum absolute atomic E-state index is 11.5. The summed E-state index contributed by atoms with van der Waals surface area (Å²) in [5.74, 6) is -1.71. The molecule has 18 heavy (non-hydrogen) atoms. The first kappa shape index (κ1) is 14.8. The van der Waals surface area contributed by atoms with Gasteiger partial charge in [-0.3, -0.25) is 4.79 Å². The van der Waals surface area contributed by atoms with Gasteiger partial charge in [-0.1, -0.05) is 23.7 Å². The number of benzene rings is 1. The largest absolute Gasteiger partial charge is 0.480 e. The molecule has 0 aliphatic carbocycles. The van der Waals surface area contributed by atoms with Crippen LogP contribution in [0.25, 0.3) is 0 Å². The number of aliphatic hydroxyl groups is 1. The summed E-state index contributed by atoms with van der Waals surface area (Å²) in [5.41, 5.74) is 0. The molecule has 0 aliphatic rings. The van der Waals surface area contributed by atoms with Gasteiger partial charge in [0.15, 0.2) is 0 Å². The summed E-state index contributed by atoms with van der Waals surface area (Å²) in [4.78, 5) is 22.8. The lowest BCUT2D eigenvalue weighted by Gasteiger charge is -2.11. The topological polar surface area (TPSA) is 86.6 Å². The van der Waals surface area contributed by atoms with Gasteiger partial charge in [0.2, 0.25) is 5.91 Å². The predicted molar refractivity (Wildman–Crippen MR) is 68.8 cm³/mol. The van der Waals surface area contributed by atoms with E-state index in [0.29, 0.717) is 5.02 Å². The lowest BCUT2D eigenvalue weighted by Crippen LogP contribution is -2.44. The highest BCUT2D eigenvalue weighted by atomic mass is 35.5. The van der Waals surface area contributed by atoms with Crippen molar-refractivity contribution in [2.24, 2.45) is 0 Å². The van der Waals surface area contributed by atoms with E-state index in [4.69, 9.17) is 21.8 Å². The maximum atomic E-state index is 11.5. The average molecular weight is 290 g/mol. The number of carboxylic acids is 1. The Hall–Kier alpha value is -1.24. The fourth-order valence-corrected chi connectivity index (χ4v) is 2.18. The molecule has 0 fully saturated rings. The van der Waals surface area contributed by atoms with Crippen molar-refractivity contribution in [3.8, 4) is 0 Å². The van der Waals surface area contributed by atoms with E-state index in [0.717, 1.165) is 4.90 Å². The Labute approximate surface area is 113 Å². The first-order valence-electron chi connectivity index (χ1n) is 5.05. The van der Waals surface area contributed by atoms with Crippen LogP contribution in [0.5, 0.6) is 0 Å². The number of rotatable bonds is 6. The smallest absolute Gasteiger partial charge is 0.328 e. The summed E-state index contributed by atoms with van der Waals surface area (Å²) in [6, 6.07) is 5.76. The normalized spacial score (nSPS) is 11.9. The quantitative estimate of drug-likeness (QED) is 0.680. The molecule has 1 amide bonds. The summed E-state index contributed by atoms with van der Waals surface area (Å²) in [5, 5.41) is 20.1. The fourth-order valence-electron chi connectivity index (χ4n) is 1.13. The number of thioether (sulfide) groups is 1. The number of carbonyl (C=O) groups excluding carboxylic acids is 1. The van der Waals surface area contributed by atoms with Crippen molar-refractivity contribution in [3.05, 3.63) is 29.3 Å². The monoisotopic (exact) mass is 289 g/mol. The van der Waals surface area contributed by atoms with E-state index in [1.54, 1.807) is 24.3 Å². The van der Waals surface area contributed by atoms with Crippen molar-refractivity contribution in [3.63, 3.8) is 0 Å². The molecule has 1 rings (SSSR count). The predicted octanol–water partition coefficient (Wildman–Crippen LogP) is 0.994. The Morgan fingerprint density at radius 3 is 2.61 bits per heavy atom. The lowest BCUT2D eigenvalue weighted by atomic mass is 10.3. The molecule has 1 unspecified atom stereocenters. The van der Waals surface area contributed by atoms with E-state index < -0.39 is 24.5 Å². The van der Waals surface area contributed by atoms with Crippen molar-refractivity contribution in [1.29, 1.82) is 0 Å². The molecule has 7 heteroatoms. The van der Waals surface area contributed by atoms with E-state index in [9.17, 15) is 9.59 Å². The molecular weight excluding hydrogens is 278 g/mol. The number of carboxylic acid groups (broad SMARTS) is 1. The molecule has 0 aliphatic heterocycles. The second-order valence-electron chi connectivity index (χ2n) is 3.36. The summed E-state index contributed by atoms with van der Waals surface area (Å²) >= 11 is 7.11. The highest BCUT2D eigenvalue weighted by Gasteiger charge is 2.18. The molecule has 1 atom stereocenters. The van der Waals surface area contributed by atoms with Gasteiger partial charge >= 0.3 is 5.97 Å². The van der Waals surface area contributed by atoms with Crippen molar-refractivity contribution >= 4 is 35.2 Å². The molecule has 0 saturated heterocycles. The van der Waals surface area contributed by atoms with Crippen molar-refractivity contribution < 1.29 is 19.8 Å². The maximum Gasteiger partial charge on any atom is 0.328 e. The zero-order valence-corrected chi connectivity index (χ0v) is 10.9. The Balaban J connectivity index is 2.47. The Bertz CT molecular complexity index is 441. The zero-order valence-electron chi connectivity index (χ0n) is 9.30. The third-order valence-corrected chi connectivity index (χ3v) is 3.53. The third kappa shape index (κ3) is 4.56. The zero-order chi connectivity index (χ0) is 13.5. The van der Waals surface area contributed by atoms with E-state index in [1.807, 2.05) is 0 Å². The van der Waals surface area contributed by atoms with Crippen LogP contribution < -0.4 is 5.32 Å². The summed E-state index contributed by atoms with van der Waals surface area (Å²) in [7, 11) is 0. The minimum atomic E-state index is -1.27. The van der Waals surface area contributed by atoms with Gasteiger partial charge in [-0.15, -0.1) is 11.8 Å². The van der Waals surface area contributed by atoms with Gasteiger partial charge in [-0.05, 0) is 12.1 Å². The molecule has 0 aromatic heterocycles. The fraction of sp³-hybridized carbons (Fsp3) is 0.273. The van der Waals surface area contributed by atoms with Gasteiger partial charge in [-0.25, -0.2) is 4.79 Å². The number of hydrogen-bond donors (Lipinski definition) is 3. The Kier molecular flexibility index (Phi) is 5.97. The number of halogens is 1. The van der Waals surface area contributed by atoms with Crippen LogP contribution in [0, 0.1) is 0 Å². The molecule has 0 bridgehead atoms. The van der Waals surface area contributed by atoms with Crippen LogP contribution in [0.1, 0.15) is 0 Å². The Morgan fingerprint density at radius 1 is 1.39 bits per heavy atom. The van der Waals surface area contributed by atoms with Crippen molar-refractivity contribution in [2.45, 2.75) is 10.9 Å². The van der Waals surface area contributed by atoms with Gasteiger partial charge in [0.1, 0.15) is 6.04 Å². The van der Waals surface area contributed by atoms with E-state index in [-0.39, 0.29) is 5.75 Å². The van der Waals surface area contributed by atoms with E-state index in [2.05, 4.69) is 5.32 Å². The Morgan fingerprint density at radius 2 is 2.06 bits per heavy atom. The van der Waals surface area contributed by atoms with Crippen molar-refractivity contribution in [1.82, 2.24) is 5.32 Å². The summed E-state index contributed by atoms with van der Waals surface area (Å²) in [6.45, 7) is -0.641. The first-order chi connectivity index (χ1) is 8.54. The number of hydrogen-bond acceptors (Lipinski definition) is 4. The van der Waals surface area contributed by atoms with Gasteiger partial charge in [0, 0.05) is 4.90 Å². The number of nitrogens with one attached hydrogen (secondary N) is 1. The second kappa shape index (κ2) is 7.25. The minimum absolute atomic E-state index is 0.0352. The SMILES string of the molecule is O=C(CSc1ccccc1Cl)NC(CO)C(=O)O. The third-order valence-electron chi connectivity index (χ3n) is 2.01. The van der Waals surface area contributed by atoms with Crippen LogP contribution in [0.15, 0.2) is 29.2 Å². The first-order valence-corrected chi connectivity index (χ1v) is 6.41. The van der Waals surface area contributed by atoms with Gasteiger partial charge in [0.25, 0.3) is 0 Å². The van der Waals surface area contributed by atoms with Crippen LogP contribution >= 0.6 is 23.4 Å². The molecule has 3 N–H and O–H groups in total. The van der Waals surface area contributed by atoms with Gasteiger partial charge < -0.3 is 15.5 Å². The van der Waals surface area contributed by atoms with Crippen LogP contribution in [-0.4, -0.2) is 40.5 Å². The molecule has 0 saturated carbocycles. The standard InChI is InChI=1S/C11H12ClNO4S/c12-7-3-1-2-4-9(7)18-6-10(15)13-8(5-14)11(16)17/h1-4,8,14H,5-6H2,(H,13,15)(H,16,17). The van der Waals surface area contributed by atoms with E-state index in [1.165, 1.54) is 11.8 Å². The summed E-state index contributed by atoms with van der Waals surface area (Å²) in [6.07, 6.45) is 0. The van der Waals surface area contributed by atoms with Crippen LogP contribution in [-0.2, 0) is 9.59 Å². The lowest BCUT2D eigenvalue weighted by molar-refractivity contribution is -0.142. The van der Waals surface area contributed by atoms with E-state index >= 15 is 0 Å². The van der Waals surface area contributed by atoms with Crippen LogP contribution in [0.4, 0.5) is 0 Å². The molecular formula is C11H12ClNO4S. The molecule has 5 nitrogen and oxygen atoms in total. The summed E-state index contributed by atoms with van der Waals surface area (Å²) < 4.78 is 0. The van der Waals surface area contributed by atoms with Gasteiger partial charge in [-0.2, -0.15) is 0 Å². The number of aliphatic carboxylic acids is 1. The molecule has 1 aromatic carbocycles. The van der Waals surface area contributed by atoms with Gasteiger partial charge in [0.05, 0.1) is 17.4 Å². The number of carbonyl (C=O) groups is 2.